The van der Waals surface area contributed by atoms with Crippen LogP contribution in [-0.2, 0) is 0 Å². The zero-order valence-electron chi connectivity index (χ0n) is 9.44. The first kappa shape index (κ1) is 12.4. The third-order valence-electron chi connectivity index (χ3n) is 2.21. The van der Waals surface area contributed by atoms with Crippen LogP contribution in [0.2, 0.25) is 0 Å². The molecule has 0 radical (unpaired) electrons. The van der Waals surface area contributed by atoms with Crippen molar-refractivity contribution < 1.29 is 9.90 Å². The van der Waals surface area contributed by atoms with Crippen molar-refractivity contribution in [2.45, 2.75) is 32.6 Å². The Morgan fingerprint density at radius 2 is 2.12 bits per heavy atom. The van der Waals surface area contributed by atoms with Crippen molar-refractivity contribution in [1.82, 2.24) is 9.97 Å². The van der Waals surface area contributed by atoms with Gasteiger partial charge in [0.2, 0.25) is 0 Å². The molecule has 0 bridgehead atoms. The lowest BCUT2D eigenvalue weighted by molar-refractivity contribution is 0.0690. The quantitative estimate of drug-likeness (QED) is 0.693. The van der Waals surface area contributed by atoms with Crippen LogP contribution in [0.15, 0.2) is 12.4 Å². The van der Waals surface area contributed by atoms with Gasteiger partial charge in [-0.15, -0.1) is 0 Å². The molecule has 0 fully saturated rings. The maximum absolute atomic E-state index is 10.5. The van der Waals surface area contributed by atoms with Crippen molar-refractivity contribution >= 4 is 11.8 Å². The van der Waals surface area contributed by atoms with Crippen LogP contribution in [0.4, 0.5) is 5.82 Å². The SMILES string of the molecule is CCCCCCNc1cnc(C(=O)O)cn1. The molecule has 5 nitrogen and oxygen atoms in total. The summed E-state index contributed by atoms with van der Waals surface area (Å²) in [5.74, 6) is -0.427. The Morgan fingerprint density at radius 3 is 2.69 bits per heavy atom. The number of hydrogen-bond donors (Lipinski definition) is 2. The topological polar surface area (TPSA) is 75.1 Å². The van der Waals surface area contributed by atoms with Crippen LogP contribution in [0.25, 0.3) is 0 Å². The molecule has 1 aromatic rings. The van der Waals surface area contributed by atoms with Gasteiger partial charge in [0.15, 0.2) is 5.69 Å². The van der Waals surface area contributed by atoms with Crippen LogP contribution >= 0.6 is 0 Å². The maximum Gasteiger partial charge on any atom is 0.356 e. The number of carboxylic acids is 1. The van der Waals surface area contributed by atoms with Crippen LogP contribution < -0.4 is 5.32 Å². The van der Waals surface area contributed by atoms with Crippen molar-refractivity contribution in [3.05, 3.63) is 18.1 Å². The molecule has 0 unspecified atom stereocenters. The summed E-state index contributed by atoms with van der Waals surface area (Å²) >= 11 is 0. The van der Waals surface area contributed by atoms with Gasteiger partial charge in [-0.25, -0.2) is 14.8 Å². The molecule has 1 aromatic heterocycles. The number of aromatic carboxylic acids is 1. The summed E-state index contributed by atoms with van der Waals surface area (Å²) in [6.07, 6.45) is 7.46. The molecule has 0 atom stereocenters. The third-order valence-corrected chi connectivity index (χ3v) is 2.21. The highest BCUT2D eigenvalue weighted by atomic mass is 16.4. The lowest BCUT2D eigenvalue weighted by atomic mass is 10.2. The Labute approximate surface area is 94.9 Å². The van der Waals surface area contributed by atoms with E-state index in [0.29, 0.717) is 5.82 Å². The van der Waals surface area contributed by atoms with Gasteiger partial charge in [-0.3, -0.25) is 0 Å². The summed E-state index contributed by atoms with van der Waals surface area (Å²) in [4.78, 5) is 18.3. The first-order valence-electron chi connectivity index (χ1n) is 5.53. The van der Waals surface area contributed by atoms with Crippen molar-refractivity contribution in [1.29, 1.82) is 0 Å². The van der Waals surface area contributed by atoms with E-state index in [-0.39, 0.29) is 5.69 Å². The van der Waals surface area contributed by atoms with Crippen LogP contribution in [0, 0.1) is 0 Å². The lowest BCUT2D eigenvalue weighted by Gasteiger charge is -2.04. The molecule has 1 heterocycles. The first-order chi connectivity index (χ1) is 7.74. The number of hydrogen-bond acceptors (Lipinski definition) is 4. The number of unbranched alkanes of at least 4 members (excludes halogenated alkanes) is 3. The van der Waals surface area contributed by atoms with Crippen molar-refractivity contribution in [3.63, 3.8) is 0 Å². The molecular formula is C11H17N3O2. The van der Waals surface area contributed by atoms with Gasteiger partial charge in [0.25, 0.3) is 0 Å². The fourth-order valence-electron chi connectivity index (χ4n) is 1.30. The number of rotatable bonds is 7. The number of anilines is 1. The molecule has 0 aromatic carbocycles. The molecule has 16 heavy (non-hydrogen) atoms. The van der Waals surface area contributed by atoms with E-state index in [1.165, 1.54) is 31.7 Å². The molecule has 0 aliphatic heterocycles. The second kappa shape index (κ2) is 6.76. The van der Waals surface area contributed by atoms with E-state index in [2.05, 4.69) is 22.2 Å². The van der Waals surface area contributed by atoms with Crippen LogP contribution in [0.1, 0.15) is 43.1 Å². The van der Waals surface area contributed by atoms with Crippen LogP contribution in [-0.4, -0.2) is 27.6 Å². The smallest absolute Gasteiger partial charge is 0.356 e. The van der Waals surface area contributed by atoms with Gasteiger partial charge in [-0.05, 0) is 6.42 Å². The fourth-order valence-corrected chi connectivity index (χ4v) is 1.30. The van der Waals surface area contributed by atoms with Crippen molar-refractivity contribution in [3.8, 4) is 0 Å². The summed E-state index contributed by atoms with van der Waals surface area (Å²) in [5, 5.41) is 11.7. The van der Waals surface area contributed by atoms with E-state index in [1.807, 2.05) is 0 Å². The highest BCUT2D eigenvalue weighted by molar-refractivity contribution is 5.84. The van der Waals surface area contributed by atoms with Gasteiger partial charge in [0.1, 0.15) is 5.82 Å². The molecule has 0 aliphatic carbocycles. The van der Waals surface area contributed by atoms with Gasteiger partial charge >= 0.3 is 5.97 Å². The number of aromatic nitrogens is 2. The normalized spacial score (nSPS) is 10.1. The van der Waals surface area contributed by atoms with Crippen molar-refractivity contribution in [2.24, 2.45) is 0 Å². The Kier molecular flexibility index (Phi) is 5.25. The second-order valence-corrected chi connectivity index (χ2v) is 3.58. The zero-order chi connectivity index (χ0) is 11.8. The Morgan fingerprint density at radius 1 is 1.31 bits per heavy atom. The minimum Gasteiger partial charge on any atom is -0.476 e. The van der Waals surface area contributed by atoms with E-state index in [9.17, 15) is 4.79 Å². The van der Waals surface area contributed by atoms with Crippen LogP contribution in [0.5, 0.6) is 0 Å². The average Bonchev–Trinajstić information content (AvgIpc) is 2.29. The van der Waals surface area contributed by atoms with Gasteiger partial charge in [-0.2, -0.15) is 0 Å². The summed E-state index contributed by atoms with van der Waals surface area (Å²) in [5.41, 5.74) is -0.0310. The van der Waals surface area contributed by atoms with Gasteiger partial charge < -0.3 is 10.4 Å². The molecule has 88 valence electrons. The molecule has 1 rings (SSSR count). The van der Waals surface area contributed by atoms with Gasteiger partial charge in [0.05, 0.1) is 12.4 Å². The number of carbonyl (C=O) groups is 1. The predicted octanol–water partition coefficient (Wildman–Crippen LogP) is 2.17. The Balaban J connectivity index is 2.29. The molecule has 0 amide bonds. The molecular weight excluding hydrogens is 206 g/mol. The van der Waals surface area contributed by atoms with E-state index in [0.717, 1.165) is 13.0 Å². The second-order valence-electron chi connectivity index (χ2n) is 3.58. The van der Waals surface area contributed by atoms with E-state index >= 15 is 0 Å². The fraction of sp³-hybridized carbons (Fsp3) is 0.545. The van der Waals surface area contributed by atoms with Crippen molar-refractivity contribution in [2.75, 3.05) is 11.9 Å². The number of carboxylic acid groups (broad SMARTS) is 1. The summed E-state index contributed by atoms with van der Waals surface area (Å²) < 4.78 is 0. The molecule has 0 spiro atoms. The largest absolute Gasteiger partial charge is 0.476 e. The molecule has 0 saturated heterocycles. The summed E-state index contributed by atoms with van der Waals surface area (Å²) in [7, 11) is 0. The van der Waals surface area contributed by atoms with E-state index in [1.54, 1.807) is 0 Å². The third kappa shape index (κ3) is 4.25. The van der Waals surface area contributed by atoms with Crippen LogP contribution in [0.3, 0.4) is 0 Å². The number of nitrogens with one attached hydrogen (secondary N) is 1. The molecule has 5 heteroatoms. The highest BCUT2D eigenvalue weighted by Crippen LogP contribution is 2.03. The minimum atomic E-state index is -1.05. The van der Waals surface area contributed by atoms with Gasteiger partial charge in [0, 0.05) is 6.54 Å². The minimum absolute atomic E-state index is 0.0310. The lowest BCUT2D eigenvalue weighted by Crippen LogP contribution is -2.06. The molecule has 0 aliphatic rings. The molecule has 0 saturated carbocycles. The highest BCUT2D eigenvalue weighted by Gasteiger charge is 2.03. The average molecular weight is 223 g/mol. The maximum atomic E-state index is 10.5. The van der Waals surface area contributed by atoms with E-state index in [4.69, 9.17) is 5.11 Å². The Bertz CT molecular complexity index is 325. The molecule has 2 N–H and O–H groups in total. The first-order valence-corrected chi connectivity index (χ1v) is 5.53. The summed E-state index contributed by atoms with van der Waals surface area (Å²) in [6.45, 7) is 3.02. The van der Waals surface area contributed by atoms with E-state index < -0.39 is 5.97 Å². The zero-order valence-corrected chi connectivity index (χ0v) is 9.44. The van der Waals surface area contributed by atoms with Gasteiger partial charge in [-0.1, -0.05) is 26.2 Å². The Hall–Kier alpha value is -1.65. The summed E-state index contributed by atoms with van der Waals surface area (Å²) in [6, 6.07) is 0. The predicted molar refractivity (Wildman–Crippen MR) is 61.6 cm³/mol. The number of nitrogens with zero attached hydrogens (tertiary/aromatic N) is 2. The standard InChI is InChI=1S/C11H17N3O2/c1-2-3-4-5-6-12-10-8-13-9(7-14-10)11(15)16/h7-8H,2-6H2,1H3,(H,12,14)(H,15,16). The monoisotopic (exact) mass is 223 g/mol.